The second kappa shape index (κ2) is 5.85. The molecular weight excluding hydrogens is 220 g/mol. The second-order valence-electron chi connectivity index (χ2n) is 5.00. The Morgan fingerprint density at radius 2 is 1.89 bits per heavy atom. The Bertz CT molecular complexity index is 491. The summed E-state index contributed by atoms with van der Waals surface area (Å²) in [7, 11) is 0. The third kappa shape index (κ3) is 3.00. The zero-order valence-electron chi connectivity index (χ0n) is 11.6. The number of aromatic nitrogens is 2. The lowest BCUT2D eigenvalue weighted by molar-refractivity contribution is 0.631. The van der Waals surface area contributed by atoms with Crippen LogP contribution in [-0.4, -0.2) is 9.55 Å². The van der Waals surface area contributed by atoms with Crippen molar-refractivity contribution < 1.29 is 0 Å². The van der Waals surface area contributed by atoms with E-state index in [9.17, 15) is 0 Å². The minimum absolute atomic E-state index is 0.942. The van der Waals surface area contributed by atoms with Gasteiger partial charge in [0.2, 0.25) is 0 Å². The normalized spacial score (nSPS) is 10.8. The molecule has 1 aromatic heterocycles. The van der Waals surface area contributed by atoms with Crippen LogP contribution in [0.3, 0.4) is 0 Å². The molecule has 0 radical (unpaired) electrons. The summed E-state index contributed by atoms with van der Waals surface area (Å²) in [6.45, 7) is 7.65. The van der Waals surface area contributed by atoms with E-state index in [4.69, 9.17) is 0 Å². The number of hydrogen-bond donors (Lipinski definition) is 0. The van der Waals surface area contributed by atoms with E-state index >= 15 is 0 Å². The molecule has 0 spiro atoms. The van der Waals surface area contributed by atoms with E-state index in [1.54, 1.807) is 0 Å². The molecule has 0 atom stereocenters. The Morgan fingerprint density at radius 1 is 1.17 bits per heavy atom. The summed E-state index contributed by atoms with van der Waals surface area (Å²) in [6, 6.07) is 6.47. The first kappa shape index (κ1) is 12.9. The van der Waals surface area contributed by atoms with Crippen LogP contribution < -0.4 is 0 Å². The molecule has 0 aliphatic rings. The van der Waals surface area contributed by atoms with Gasteiger partial charge in [-0.05, 0) is 37.0 Å². The van der Waals surface area contributed by atoms with E-state index in [2.05, 4.69) is 54.7 Å². The van der Waals surface area contributed by atoms with Gasteiger partial charge in [-0.3, -0.25) is 0 Å². The number of unbranched alkanes of at least 4 members (excludes halogenated alkanes) is 1. The van der Waals surface area contributed by atoms with Crippen LogP contribution in [-0.2, 0) is 13.0 Å². The molecule has 2 nitrogen and oxygen atoms in total. The maximum Gasteiger partial charge on any atom is 0.0949 e. The number of aryl methyl sites for hydroxylation is 3. The average Bonchev–Trinajstić information content (AvgIpc) is 2.79. The molecule has 18 heavy (non-hydrogen) atoms. The Hall–Kier alpha value is -1.57. The maximum atomic E-state index is 4.51. The van der Waals surface area contributed by atoms with Gasteiger partial charge < -0.3 is 4.57 Å². The van der Waals surface area contributed by atoms with Crippen molar-refractivity contribution in [2.45, 2.75) is 46.6 Å². The first-order chi connectivity index (χ1) is 8.70. The second-order valence-corrected chi connectivity index (χ2v) is 5.00. The van der Waals surface area contributed by atoms with Gasteiger partial charge in [0.05, 0.1) is 12.0 Å². The predicted molar refractivity (Wildman–Crippen MR) is 75.9 cm³/mol. The van der Waals surface area contributed by atoms with Crippen LogP contribution in [0.25, 0.3) is 0 Å². The highest BCUT2D eigenvalue weighted by Crippen LogP contribution is 2.17. The van der Waals surface area contributed by atoms with E-state index in [1.807, 2.05) is 6.33 Å². The van der Waals surface area contributed by atoms with Crippen LogP contribution >= 0.6 is 0 Å². The highest BCUT2D eigenvalue weighted by Gasteiger charge is 2.05. The third-order valence-corrected chi connectivity index (χ3v) is 3.46. The zero-order valence-corrected chi connectivity index (χ0v) is 11.6. The number of nitrogens with zero attached hydrogens (tertiary/aromatic N) is 2. The highest BCUT2D eigenvalue weighted by atomic mass is 15.0. The molecule has 0 saturated carbocycles. The van der Waals surface area contributed by atoms with Crippen molar-refractivity contribution in [3.63, 3.8) is 0 Å². The largest absolute Gasteiger partial charge is 0.337 e. The smallest absolute Gasteiger partial charge is 0.0949 e. The first-order valence-electron chi connectivity index (χ1n) is 6.76. The summed E-state index contributed by atoms with van der Waals surface area (Å²) in [5.41, 5.74) is 5.30. The van der Waals surface area contributed by atoms with Crippen molar-refractivity contribution in [3.8, 4) is 0 Å². The minimum Gasteiger partial charge on any atom is -0.337 e. The standard InChI is InChI=1S/C16H22N2/c1-4-5-9-18-11-15(17-12-18)10-16-13(2)7-6-8-14(16)3/h6-8,11-12H,4-5,9-10H2,1-3H3. The van der Waals surface area contributed by atoms with E-state index in [0.29, 0.717) is 0 Å². The summed E-state index contributed by atoms with van der Waals surface area (Å²) in [5, 5.41) is 0. The van der Waals surface area contributed by atoms with Gasteiger partial charge >= 0.3 is 0 Å². The third-order valence-electron chi connectivity index (χ3n) is 3.46. The van der Waals surface area contributed by atoms with E-state index < -0.39 is 0 Å². The fraction of sp³-hybridized carbons (Fsp3) is 0.438. The quantitative estimate of drug-likeness (QED) is 0.777. The molecule has 0 aliphatic heterocycles. The molecule has 1 heterocycles. The van der Waals surface area contributed by atoms with Gasteiger partial charge in [0.25, 0.3) is 0 Å². The molecule has 2 heteroatoms. The fourth-order valence-electron chi connectivity index (χ4n) is 2.27. The van der Waals surface area contributed by atoms with Gasteiger partial charge in [-0.25, -0.2) is 4.98 Å². The maximum absolute atomic E-state index is 4.51. The molecule has 2 rings (SSSR count). The summed E-state index contributed by atoms with van der Waals surface area (Å²) in [6.07, 6.45) is 7.53. The Labute approximate surface area is 110 Å². The van der Waals surface area contributed by atoms with E-state index in [-0.39, 0.29) is 0 Å². The summed E-state index contributed by atoms with van der Waals surface area (Å²) in [4.78, 5) is 4.51. The van der Waals surface area contributed by atoms with Gasteiger partial charge in [0.15, 0.2) is 0 Å². The van der Waals surface area contributed by atoms with Crippen molar-refractivity contribution in [1.29, 1.82) is 0 Å². The Balaban J connectivity index is 2.11. The van der Waals surface area contributed by atoms with E-state index in [0.717, 1.165) is 13.0 Å². The van der Waals surface area contributed by atoms with Crippen LogP contribution in [0.4, 0.5) is 0 Å². The van der Waals surface area contributed by atoms with Crippen LogP contribution in [0.15, 0.2) is 30.7 Å². The molecule has 1 aromatic carbocycles. The molecule has 0 fully saturated rings. The van der Waals surface area contributed by atoms with Gasteiger partial charge in [0.1, 0.15) is 0 Å². The zero-order chi connectivity index (χ0) is 13.0. The minimum atomic E-state index is 0.942. The Kier molecular flexibility index (Phi) is 4.19. The predicted octanol–water partition coefficient (Wildman–Crippen LogP) is 3.89. The molecular formula is C16H22N2. The molecule has 0 aliphatic carbocycles. The Morgan fingerprint density at radius 3 is 2.56 bits per heavy atom. The monoisotopic (exact) mass is 242 g/mol. The number of benzene rings is 1. The number of hydrogen-bond acceptors (Lipinski definition) is 1. The van der Waals surface area contributed by atoms with Crippen molar-refractivity contribution in [3.05, 3.63) is 53.1 Å². The molecule has 0 N–H and O–H groups in total. The molecule has 2 aromatic rings. The summed E-state index contributed by atoms with van der Waals surface area (Å²) < 4.78 is 2.20. The van der Waals surface area contributed by atoms with Gasteiger partial charge in [-0.15, -0.1) is 0 Å². The van der Waals surface area contributed by atoms with Crippen LogP contribution in [0.5, 0.6) is 0 Å². The average molecular weight is 242 g/mol. The topological polar surface area (TPSA) is 17.8 Å². The van der Waals surface area contributed by atoms with Crippen molar-refractivity contribution in [1.82, 2.24) is 9.55 Å². The van der Waals surface area contributed by atoms with Gasteiger partial charge in [-0.2, -0.15) is 0 Å². The van der Waals surface area contributed by atoms with Crippen molar-refractivity contribution in [2.24, 2.45) is 0 Å². The fourth-order valence-corrected chi connectivity index (χ4v) is 2.27. The highest BCUT2D eigenvalue weighted by molar-refractivity contribution is 5.36. The number of rotatable bonds is 5. The van der Waals surface area contributed by atoms with E-state index in [1.165, 1.54) is 35.2 Å². The molecule has 0 saturated heterocycles. The molecule has 96 valence electrons. The lowest BCUT2D eigenvalue weighted by Gasteiger charge is -2.07. The van der Waals surface area contributed by atoms with Crippen molar-refractivity contribution >= 4 is 0 Å². The lowest BCUT2D eigenvalue weighted by atomic mass is 9.99. The first-order valence-corrected chi connectivity index (χ1v) is 6.76. The van der Waals surface area contributed by atoms with Crippen molar-refractivity contribution in [2.75, 3.05) is 0 Å². The SMILES string of the molecule is CCCCn1cnc(Cc2c(C)cccc2C)c1. The van der Waals surface area contributed by atoms with Crippen LogP contribution in [0.2, 0.25) is 0 Å². The molecule has 0 amide bonds. The van der Waals surface area contributed by atoms with Crippen LogP contribution in [0.1, 0.15) is 42.1 Å². The molecule has 0 unspecified atom stereocenters. The molecule has 0 bridgehead atoms. The number of imidazole rings is 1. The van der Waals surface area contributed by atoms with Crippen LogP contribution in [0, 0.1) is 13.8 Å². The van der Waals surface area contributed by atoms with Gasteiger partial charge in [0, 0.05) is 19.2 Å². The van der Waals surface area contributed by atoms with Gasteiger partial charge in [-0.1, -0.05) is 31.5 Å². The summed E-state index contributed by atoms with van der Waals surface area (Å²) in [5.74, 6) is 0. The lowest BCUT2D eigenvalue weighted by Crippen LogP contribution is -1.96. The summed E-state index contributed by atoms with van der Waals surface area (Å²) >= 11 is 0.